The molecule has 3 nitrogen and oxygen atoms in total. The number of hydrogen-bond donors (Lipinski definition) is 0. The molecule has 0 bridgehead atoms. The fourth-order valence-electron chi connectivity index (χ4n) is 4.33. The van der Waals surface area contributed by atoms with Crippen molar-refractivity contribution in [1.29, 1.82) is 0 Å². The molecule has 2 aromatic carbocycles. The molecule has 25 heavy (non-hydrogen) atoms. The monoisotopic (exact) mass is 335 g/mol. The highest BCUT2D eigenvalue weighted by Gasteiger charge is 2.48. The van der Waals surface area contributed by atoms with E-state index in [1.165, 1.54) is 11.1 Å². The smallest absolute Gasteiger partial charge is 0.228 e. The van der Waals surface area contributed by atoms with Crippen molar-refractivity contribution >= 4 is 5.91 Å². The van der Waals surface area contributed by atoms with Crippen LogP contribution in [0.4, 0.5) is 0 Å². The maximum atomic E-state index is 13.3. The number of amides is 1. The van der Waals surface area contributed by atoms with Crippen LogP contribution in [0.3, 0.4) is 0 Å². The van der Waals surface area contributed by atoms with E-state index in [0.29, 0.717) is 12.5 Å². The molecule has 2 aromatic rings. The van der Waals surface area contributed by atoms with E-state index in [4.69, 9.17) is 4.74 Å². The van der Waals surface area contributed by atoms with Gasteiger partial charge in [0.2, 0.25) is 5.91 Å². The number of benzene rings is 2. The molecular formula is C22H25NO2. The van der Waals surface area contributed by atoms with Crippen molar-refractivity contribution in [1.82, 2.24) is 4.90 Å². The van der Waals surface area contributed by atoms with Crippen LogP contribution in [0.5, 0.6) is 0 Å². The molecule has 0 radical (unpaired) electrons. The van der Waals surface area contributed by atoms with Gasteiger partial charge >= 0.3 is 0 Å². The van der Waals surface area contributed by atoms with Crippen LogP contribution in [0.15, 0.2) is 60.7 Å². The molecule has 0 N–H and O–H groups in total. The Morgan fingerprint density at radius 3 is 2.40 bits per heavy atom. The van der Waals surface area contributed by atoms with Gasteiger partial charge in [-0.1, -0.05) is 67.6 Å². The summed E-state index contributed by atoms with van der Waals surface area (Å²) in [6.07, 6.45) is 2.73. The van der Waals surface area contributed by atoms with Gasteiger partial charge < -0.3 is 9.64 Å². The highest BCUT2D eigenvalue weighted by atomic mass is 16.5. The zero-order valence-electron chi connectivity index (χ0n) is 14.7. The molecule has 130 valence electrons. The predicted molar refractivity (Wildman–Crippen MR) is 97.8 cm³/mol. The number of piperidine rings is 1. The van der Waals surface area contributed by atoms with Gasteiger partial charge in [0.05, 0.1) is 12.6 Å². The van der Waals surface area contributed by atoms with Crippen molar-refractivity contribution in [2.24, 2.45) is 11.8 Å². The number of ether oxygens (including phenoxy) is 1. The lowest BCUT2D eigenvalue weighted by molar-refractivity contribution is -0.154. The van der Waals surface area contributed by atoms with E-state index in [0.717, 1.165) is 19.3 Å². The maximum Gasteiger partial charge on any atom is 0.228 e. The molecule has 0 unspecified atom stereocenters. The average molecular weight is 335 g/mol. The molecule has 2 saturated heterocycles. The van der Waals surface area contributed by atoms with E-state index >= 15 is 0 Å². The first-order valence-corrected chi connectivity index (χ1v) is 9.30. The fourth-order valence-corrected chi connectivity index (χ4v) is 4.33. The van der Waals surface area contributed by atoms with Crippen LogP contribution in [0, 0.1) is 11.8 Å². The molecule has 2 fully saturated rings. The molecule has 0 aliphatic carbocycles. The quantitative estimate of drug-likeness (QED) is 0.838. The van der Waals surface area contributed by atoms with Gasteiger partial charge in [-0.3, -0.25) is 4.79 Å². The molecule has 2 aliphatic rings. The summed E-state index contributed by atoms with van der Waals surface area (Å²) in [4.78, 5) is 15.3. The third-order valence-electron chi connectivity index (χ3n) is 5.66. The van der Waals surface area contributed by atoms with Gasteiger partial charge in [0, 0.05) is 11.8 Å². The Bertz CT molecular complexity index is 715. The van der Waals surface area contributed by atoms with Gasteiger partial charge in [0.15, 0.2) is 0 Å². The second-order valence-electron chi connectivity index (χ2n) is 7.19. The Morgan fingerprint density at radius 2 is 1.72 bits per heavy atom. The molecule has 0 saturated carbocycles. The highest BCUT2D eigenvalue weighted by Crippen LogP contribution is 2.42. The minimum absolute atomic E-state index is 0.0475. The molecule has 0 aromatic heterocycles. The zero-order chi connectivity index (χ0) is 17.2. The van der Waals surface area contributed by atoms with Gasteiger partial charge in [-0.05, 0) is 30.4 Å². The van der Waals surface area contributed by atoms with E-state index in [2.05, 4.69) is 43.3 Å². The van der Waals surface area contributed by atoms with Crippen molar-refractivity contribution in [3.05, 3.63) is 71.8 Å². The summed E-state index contributed by atoms with van der Waals surface area (Å²) in [5.74, 6) is 0.724. The lowest BCUT2D eigenvalue weighted by Gasteiger charge is -2.41. The van der Waals surface area contributed by atoms with E-state index in [1.54, 1.807) is 0 Å². The van der Waals surface area contributed by atoms with E-state index < -0.39 is 0 Å². The van der Waals surface area contributed by atoms with Crippen molar-refractivity contribution in [2.45, 2.75) is 38.5 Å². The standard InChI is InChI=1S/C22H25NO2/c1-2-17-14-19(13-16-9-5-3-6-10-16)21(24)23-20(15-25-22(17)23)18-11-7-4-8-12-18/h3-12,17,19-20,22H,2,13-15H2,1H3/t17-,19-,20+,22-/m1/s1. The Labute approximate surface area is 149 Å². The second kappa shape index (κ2) is 7.01. The summed E-state index contributed by atoms with van der Waals surface area (Å²) in [6.45, 7) is 2.81. The van der Waals surface area contributed by atoms with Gasteiger partial charge in [0.25, 0.3) is 0 Å². The third-order valence-corrected chi connectivity index (χ3v) is 5.66. The van der Waals surface area contributed by atoms with Crippen molar-refractivity contribution in [2.75, 3.05) is 6.61 Å². The first-order chi connectivity index (χ1) is 12.3. The summed E-state index contributed by atoms with van der Waals surface area (Å²) in [5, 5.41) is 0. The number of rotatable bonds is 4. The minimum Gasteiger partial charge on any atom is -0.355 e. The van der Waals surface area contributed by atoms with Crippen LogP contribution in [0.25, 0.3) is 0 Å². The number of carbonyl (C=O) groups is 1. The molecular weight excluding hydrogens is 310 g/mol. The summed E-state index contributed by atoms with van der Waals surface area (Å²) in [7, 11) is 0. The van der Waals surface area contributed by atoms with Crippen LogP contribution in [-0.2, 0) is 16.0 Å². The SMILES string of the molecule is CC[C@@H]1C[C@@H](Cc2ccccc2)C(=O)N2[C@@H]1OC[C@H]2c1ccccc1. The largest absolute Gasteiger partial charge is 0.355 e. The van der Waals surface area contributed by atoms with Crippen LogP contribution < -0.4 is 0 Å². The topological polar surface area (TPSA) is 29.5 Å². The predicted octanol–water partition coefficient (Wildman–Crippen LogP) is 4.20. The number of nitrogens with zero attached hydrogens (tertiary/aromatic N) is 1. The lowest BCUT2D eigenvalue weighted by Crippen LogP contribution is -2.50. The molecule has 2 heterocycles. The molecule has 2 aliphatic heterocycles. The molecule has 3 heteroatoms. The van der Waals surface area contributed by atoms with E-state index in [1.807, 2.05) is 29.2 Å². The summed E-state index contributed by atoms with van der Waals surface area (Å²) in [5.41, 5.74) is 2.42. The first kappa shape index (κ1) is 16.3. The van der Waals surface area contributed by atoms with Crippen LogP contribution >= 0.6 is 0 Å². The Kier molecular flexibility index (Phi) is 4.58. The van der Waals surface area contributed by atoms with E-state index in [-0.39, 0.29) is 24.1 Å². The molecule has 0 spiro atoms. The van der Waals surface area contributed by atoms with Gasteiger partial charge in [-0.25, -0.2) is 0 Å². The minimum atomic E-state index is -0.0604. The molecule has 4 rings (SSSR count). The van der Waals surface area contributed by atoms with Crippen molar-refractivity contribution in [3.63, 3.8) is 0 Å². The summed E-state index contributed by atoms with van der Waals surface area (Å²) >= 11 is 0. The third kappa shape index (κ3) is 3.09. The van der Waals surface area contributed by atoms with Gasteiger partial charge in [-0.2, -0.15) is 0 Å². The van der Waals surface area contributed by atoms with Crippen molar-refractivity contribution in [3.8, 4) is 0 Å². The Morgan fingerprint density at radius 1 is 1.04 bits per heavy atom. The normalized spacial score (nSPS) is 28.8. The lowest BCUT2D eigenvalue weighted by atomic mass is 9.81. The molecule has 1 amide bonds. The van der Waals surface area contributed by atoms with Crippen LogP contribution in [0.2, 0.25) is 0 Å². The van der Waals surface area contributed by atoms with Gasteiger partial charge in [-0.15, -0.1) is 0 Å². The van der Waals surface area contributed by atoms with Crippen LogP contribution in [0.1, 0.15) is 36.9 Å². The van der Waals surface area contributed by atoms with Crippen LogP contribution in [-0.4, -0.2) is 23.6 Å². The van der Waals surface area contributed by atoms with E-state index in [9.17, 15) is 4.79 Å². The fraction of sp³-hybridized carbons (Fsp3) is 0.409. The number of carbonyl (C=O) groups excluding carboxylic acids is 1. The summed E-state index contributed by atoms with van der Waals surface area (Å²) < 4.78 is 6.10. The Hall–Kier alpha value is -2.13. The van der Waals surface area contributed by atoms with Gasteiger partial charge in [0.1, 0.15) is 6.23 Å². The highest BCUT2D eigenvalue weighted by molar-refractivity contribution is 5.81. The summed E-state index contributed by atoms with van der Waals surface area (Å²) in [6, 6.07) is 20.7. The zero-order valence-corrected chi connectivity index (χ0v) is 14.7. The first-order valence-electron chi connectivity index (χ1n) is 9.30. The van der Waals surface area contributed by atoms with Crippen molar-refractivity contribution < 1.29 is 9.53 Å². The Balaban J connectivity index is 1.61. The molecule has 4 atom stereocenters. The second-order valence-corrected chi connectivity index (χ2v) is 7.19. The average Bonchev–Trinajstić information content (AvgIpc) is 3.11. The number of fused-ring (bicyclic) bond motifs is 1. The maximum absolute atomic E-state index is 13.3. The number of hydrogen-bond acceptors (Lipinski definition) is 2.